The lowest BCUT2D eigenvalue weighted by Gasteiger charge is -2.21. The number of hydrogen-bond donors (Lipinski definition) is 2. The number of halogens is 4. The number of alkyl halides is 4. The summed E-state index contributed by atoms with van der Waals surface area (Å²) in [5.41, 5.74) is 0. The first kappa shape index (κ1) is 12.6. The summed E-state index contributed by atoms with van der Waals surface area (Å²) in [5.74, 6) is -5.06. The molecular weight excluding hydrogens is 240 g/mol. The van der Waals surface area contributed by atoms with Gasteiger partial charge in [-0.15, -0.1) is 0 Å². The molecule has 2 rings (SSSR count). The lowest BCUT2D eigenvalue weighted by atomic mass is 9.88. The second-order valence-corrected chi connectivity index (χ2v) is 4.67. The number of carbonyl (C=O) groups excluding carboxylic acids is 1. The standard InChI is InChI=1S/C10H14F4N2O/c11-9(12)10(13,14)4-15-8(17)6-3-5-1-2-7(6)16-5/h5-7,9,16H,1-4H2,(H,15,17). The van der Waals surface area contributed by atoms with E-state index in [-0.39, 0.29) is 18.0 Å². The molecule has 2 fully saturated rings. The molecule has 98 valence electrons. The van der Waals surface area contributed by atoms with Crippen molar-refractivity contribution in [2.24, 2.45) is 5.92 Å². The molecule has 0 spiro atoms. The van der Waals surface area contributed by atoms with E-state index in [0.717, 1.165) is 12.8 Å². The van der Waals surface area contributed by atoms with Gasteiger partial charge in [-0.3, -0.25) is 4.79 Å². The van der Waals surface area contributed by atoms with Crippen molar-refractivity contribution in [1.29, 1.82) is 0 Å². The molecule has 3 unspecified atom stereocenters. The van der Waals surface area contributed by atoms with Crippen molar-refractivity contribution in [3.63, 3.8) is 0 Å². The van der Waals surface area contributed by atoms with Crippen LogP contribution in [0.15, 0.2) is 0 Å². The van der Waals surface area contributed by atoms with Crippen molar-refractivity contribution in [2.75, 3.05) is 6.54 Å². The fraction of sp³-hybridized carbons (Fsp3) is 0.900. The topological polar surface area (TPSA) is 41.1 Å². The highest BCUT2D eigenvalue weighted by Gasteiger charge is 2.45. The molecule has 1 amide bonds. The van der Waals surface area contributed by atoms with Gasteiger partial charge in [-0.1, -0.05) is 0 Å². The SMILES string of the molecule is O=C(NCC(F)(F)C(F)F)C1CC2CCC1N2. The fourth-order valence-electron chi connectivity index (χ4n) is 2.53. The van der Waals surface area contributed by atoms with Crippen molar-refractivity contribution >= 4 is 5.91 Å². The van der Waals surface area contributed by atoms with Crippen molar-refractivity contribution in [1.82, 2.24) is 10.6 Å². The van der Waals surface area contributed by atoms with Gasteiger partial charge >= 0.3 is 12.3 Å². The minimum atomic E-state index is -4.15. The number of carbonyl (C=O) groups is 1. The van der Waals surface area contributed by atoms with Crippen LogP contribution in [0.3, 0.4) is 0 Å². The average Bonchev–Trinajstić information content (AvgIpc) is 2.87. The molecule has 0 radical (unpaired) electrons. The molecule has 17 heavy (non-hydrogen) atoms. The van der Waals surface area contributed by atoms with E-state index in [1.807, 2.05) is 5.32 Å². The molecule has 0 aromatic rings. The third-order valence-corrected chi connectivity index (χ3v) is 3.45. The third kappa shape index (κ3) is 2.53. The molecule has 2 N–H and O–H groups in total. The number of hydrogen-bond acceptors (Lipinski definition) is 2. The first-order valence-corrected chi connectivity index (χ1v) is 5.60. The average molecular weight is 254 g/mol. The van der Waals surface area contributed by atoms with E-state index < -0.39 is 24.8 Å². The second-order valence-electron chi connectivity index (χ2n) is 4.67. The van der Waals surface area contributed by atoms with E-state index in [1.165, 1.54) is 0 Å². The Morgan fingerprint density at radius 3 is 2.59 bits per heavy atom. The van der Waals surface area contributed by atoms with Crippen molar-refractivity contribution in [3.05, 3.63) is 0 Å². The largest absolute Gasteiger partial charge is 0.350 e. The predicted molar refractivity (Wildman–Crippen MR) is 52.0 cm³/mol. The van der Waals surface area contributed by atoms with Gasteiger partial charge in [0.05, 0.1) is 12.5 Å². The zero-order valence-corrected chi connectivity index (χ0v) is 9.06. The van der Waals surface area contributed by atoms with Crippen LogP contribution in [-0.4, -0.2) is 36.9 Å². The Morgan fingerprint density at radius 2 is 2.12 bits per heavy atom. The van der Waals surface area contributed by atoms with Gasteiger partial charge in [-0.05, 0) is 19.3 Å². The lowest BCUT2D eigenvalue weighted by Crippen LogP contribution is -2.45. The van der Waals surface area contributed by atoms with Crippen LogP contribution in [-0.2, 0) is 4.79 Å². The van der Waals surface area contributed by atoms with Crippen LogP contribution < -0.4 is 10.6 Å². The monoisotopic (exact) mass is 254 g/mol. The van der Waals surface area contributed by atoms with Crippen molar-refractivity contribution in [2.45, 2.75) is 43.7 Å². The first-order chi connectivity index (χ1) is 7.90. The number of fused-ring (bicyclic) bond motifs is 2. The summed E-state index contributed by atoms with van der Waals surface area (Å²) in [6.07, 6.45) is -1.31. The highest BCUT2D eigenvalue weighted by Crippen LogP contribution is 2.33. The Kier molecular flexibility index (Phi) is 3.29. The van der Waals surface area contributed by atoms with Crippen molar-refractivity contribution < 1.29 is 22.4 Å². The van der Waals surface area contributed by atoms with E-state index in [4.69, 9.17) is 0 Å². The molecule has 2 aliphatic heterocycles. The molecule has 2 bridgehead atoms. The van der Waals surface area contributed by atoms with E-state index in [2.05, 4.69) is 5.32 Å². The Balaban J connectivity index is 1.82. The smallest absolute Gasteiger partial charge is 0.324 e. The Bertz CT molecular complexity index is 311. The van der Waals surface area contributed by atoms with Crippen LogP contribution in [0.2, 0.25) is 0 Å². The number of nitrogens with one attached hydrogen (secondary N) is 2. The summed E-state index contributed by atoms with van der Waals surface area (Å²) >= 11 is 0. The molecule has 0 aromatic heterocycles. The van der Waals surface area contributed by atoms with E-state index in [9.17, 15) is 22.4 Å². The maximum atomic E-state index is 12.6. The summed E-state index contributed by atoms with van der Waals surface area (Å²) in [7, 11) is 0. The quantitative estimate of drug-likeness (QED) is 0.739. The zero-order valence-electron chi connectivity index (χ0n) is 9.06. The molecule has 7 heteroatoms. The van der Waals surface area contributed by atoms with E-state index >= 15 is 0 Å². The van der Waals surface area contributed by atoms with Crippen LogP contribution >= 0.6 is 0 Å². The molecule has 2 heterocycles. The minimum Gasteiger partial charge on any atom is -0.350 e. The van der Waals surface area contributed by atoms with Crippen LogP contribution in [0.1, 0.15) is 19.3 Å². The maximum Gasteiger partial charge on any atom is 0.324 e. The lowest BCUT2D eigenvalue weighted by molar-refractivity contribution is -0.139. The molecule has 2 aliphatic rings. The summed E-state index contributed by atoms with van der Waals surface area (Å²) in [6.45, 7) is -1.29. The Labute approximate surface area is 95.9 Å². The Morgan fingerprint density at radius 1 is 1.41 bits per heavy atom. The van der Waals surface area contributed by atoms with Gasteiger partial charge in [0.1, 0.15) is 0 Å². The van der Waals surface area contributed by atoms with Gasteiger partial charge in [-0.2, -0.15) is 8.78 Å². The first-order valence-electron chi connectivity index (χ1n) is 5.60. The summed E-state index contributed by atoms with van der Waals surface area (Å²) in [5, 5.41) is 5.10. The van der Waals surface area contributed by atoms with Gasteiger partial charge in [0.15, 0.2) is 0 Å². The number of amides is 1. The van der Waals surface area contributed by atoms with Crippen LogP contribution in [0.25, 0.3) is 0 Å². The minimum absolute atomic E-state index is 0.0140. The second kappa shape index (κ2) is 4.44. The molecule has 3 nitrogen and oxygen atoms in total. The highest BCUT2D eigenvalue weighted by atomic mass is 19.3. The molecule has 0 saturated carbocycles. The van der Waals surface area contributed by atoms with Crippen LogP contribution in [0.5, 0.6) is 0 Å². The summed E-state index contributed by atoms with van der Waals surface area (Å²) in [6, 6.07) is 0.284. The summed E-state index contributed by atoms with van der Waals surface area (Å²) in [4.78, 5) is 11.6. The number of rotatable bonds is 4. The highest BCUT2D eigenvalue weighted by molar-refractivity contribution is 5.80. The molecule has 3 atom stereocenters. The Hall–Kier alpha value is -0.850. The van der Waals surface area contributed by atoms with Crippen LogP contribution in [0.4, 0.5) is 17.6 Å². The molecule has 2 saturated heterocycles. The summed E-state index contributed by atoms with van der Waals surface area (Å²) < 4.78 is 49.0. The fourth-order valence-corrected chi connectivity index (χ4v) is 2.53. The maximum absolute atomic E-state index is 12.6. The van der Waals surface area contributed by atoms with Crippen molar-refractivity contribution in [3.8, 4) is 0 Å². The zero-order chi connectivity index (χ0) is 12.6. The van der Waals surface area contributed by atoms with E-state index in [0.29, 0.717) is 6.42 Å². The normalized spacial score (nSPS) is 32.2. The van der Waals surface area contributed by atoms with Gasteiger partial charge in [-0.25, -0.2) is 8.78 Å². The molecule has 0 aromatic carbocycles. The van der Waals surface area contributed by atoms with Gasteiger partial charge < -0.3 is 10.6 Å². The van der Waals surface area contributed by atoms with Crippen LogP contribution in [0, 0.1) is 5.92 Å². The van der Waals surface area contributed by atoms with Gasteiger partial charge in [0, 0.05) is 12.1 Å². The molecular formula is C10H14F4N2O. The molecule has 0 aliphatic carbocycles. The third-order valence-electron chi connectivity index (χ3n) is 3.45. The van der Waals surface area contributed by atoms with Gasteiger partial charge in [0.25, 0.3) is 0 Å². The van der Waals surface area contributed by atoms with E-state index in [1.54, 1.807) is 0 Å². The van der Waals surface area contributed by atoms with Gasteiger partial charge in [0.2, 0.25) is 5.91 Å². The predicted octanol–water partition coefficient (Wildman–Crippen LogP) is 1.14.